The Labute approximate surface area is 160 Å². The molecule has 2 aromatic carbocycles. The summed E-state index contributed by atoms with van der Waals surface area (Å²) < 4.78 is 11.0. The summed E-state index contributed by atoms with van der Waals surface area (Å²) in [7, 11) is 3.04. The number of hydrogen-bond acceptors (Lipinski definition) is 5. The van der Waals surface area contributed by atoms with Crippen LogP contribution in [-0.4, -0.2) is 31.1 Å². The summed E-state index contributed by atoms with van der Waals surface area (Å²) in [5, 5.41) is 11.0. The fourth-order valence-electron chi connectivity index (χ4n) is 2.88. The molecule has 6 heteroatoms. The quantitative estimate of drug-likeness (QED) is 0.607. The highest BCUT2D eigenvalue weighted by molar-refractivity contribution is 7.13. The lowest BCUT2D eigenvalue weighted by molar-refractivity contribution is 0.0696. The van der Waals surface area contributed by atoms with Crippen LogP contribution < -0.4 is 9.47 Å². The largest absolute Gasteiger partial charge is 0.496 e. The van der Waals surface area contributed by atoms with Crippen molar-refractivity contribution in [3.8, 4) is 21.9 Å². The normalized spacial score (nSPS) is 10.4. The number of carboxylic acid groups (broad SMARTS) is 1. The highest BCUT2D eigenvalue weighted by Gasteiger charge is 2.23. The van der Waals surface area contributed by atoms with E-state index in [0.29, 0.717) is 17.1 Å². The SMILES string of the molecule is COc1ccc(-c2cccs2)c(OC)c1C(=O)Cc1ccc(C(=O)O)cc1. The molecule has 0 spiro atoms. The summed E-state index contributed by atoms with van der Waals surface area (Å²) in [5.74, 6) is -0.242. The Kier molecular flexibility index (Phi) is 5.57. The van der Waals surface area contributed by atoms with Gasteiger partial charge in [0, 0.05) is 16.9 Å². The lowest BCUT2D eigenvalue weighted by atomic mass is 9.97. The Morgan fingerprint density at radius 1 is 1.00 bits per heavy atom. The van der Waals surface area contributed by atoms with Gasteiger partial charge in [0.25, 0.3) is 0 Å². The van der Waals surface area contributed by atoms with Gasteiger partial charge in [-0.15, -0.1) is 11.3 Å². The maximum Gasteiger partial charge on any atom is 0.335 e. The number of carbonyl (C=O) groups is 2. The first-order chi connectivity index (χ1) is 13.0. The predicted molar refractivity (Wildman–Crippen MR) is 104 cm³/mol. The number of carboxylic acids is 1. The van der Waals surface area contributed by atoms with Gasteiger partial charge in [0.15, 0.2) is 5.78 Å². The minimum Gasteiger partial charge on any atom is -0.496 e. The van der Waals surface area contributed by atoms with Crippen molar-refractivity contribution in [3.63, 3.8) is 0 Å². The van der Waals surface area contributed by atoms with Gasteiger partial charge in [-0.05, 0) is 41.3 Å². The van der Waals surface area contributed by atoms with Gasteiger partial charge in [-0.25, -0.2) is 4.79 Å². The molecule has 3 rings (SSSR count). The number of Topliss-reactive ketones (excluding diaryl/α,β-unsaturated/α-hetero) is 1. The maximum absolute atomic E-state index is 13.0. The molecule has 27 heavy (non-hydrogen) atoms. The number of ether oxygens (including phenoxy) is 2. The topological polar surface area (TPSA) is 72.8 Å². The van der Waals surface area contributed by atoms with Gasteiger partial charge in [0.2, 0.25) is 0 Å². The van der Waals surface area contributed by atoms with Gasteiger partial charge >= 0.3 is 5.97 Å². The van der Waals surface area contributed by atoms with Crippen LogP contribution in [0.2, 0.25) is 0 Å². The summed E-state index contributed by atoms with van der Waals surface area (Å²) in [6.45, 7) is 0. The van der Waals surface area contributed by atoms with Crippen LogP contribution in [0.4, 0.5) is 0 Å². The first-order valence-corrected chi connectivity index (χ1v) is 9.07. The highest BCUT2D eigenvalue weighted by atomic mass is 32.1. The molecular formula is C21H18O5S. The van der Waals surface area contributed by atoms with Gasteiger partial charge in [-0.2, -0.15) is 0 Å². The van der Waals surface area contributed by atoms with E-state index in [1.807, 2.05) is 23.6 Å². The second-order valence-corrected chi connectivity index (χ2v) is 6.75. The van der Waals surface area contributed by atoms with Crippen molar-refractivity contribution in [2.24, 2.45) is 0 Å². The van der Waals surface area contributed by atoms with E-state index in [-0.39, 0.29) is 17.8 Å². The molecule has 1 N–H and O–H groups in total. The minimum atomic E-state index is -1.00. The van der Waals surface area contributed by atoms with Crippen LogP contribution in [0.5, 0.6) is 11.5 Å². The third-order valence-corrected chi connectivity index (χ3v) is 5.08. The van der Waals surface area contributed by atoms with Crippen LogP contribution in [-0.2, 0) is 6.42 Å². The molecule has 0 saturated heterocycles. The van der Waals surface area contributed by atoms with E-state index in [9.17, 15) is 9.59 Å². The molecule has 3 aromatic rings. The van der Waals surface area contributed by atoms with Gasteiger partial charge in [-0.1, -0.05) is 18.2 Å². The Bertz CT molecular complexity index is 959. The first-order valence-electron chi connectivity index (χ1n) is 8.19. The third kappa shape index (κ3) is 3.85. The molecule has 0 aliphatic heterocycles. The number of rotatable bonds is 7. The van der Waals surface area contributed by atoms with Crippen molar-refractivity contribution in [2.45, 2.75) is 6.42 Å². The molecule has 1 heterocycles. The van der Waals surface area contributed by atoms with Crippen molar-refractivity contribution in [2.75, 3.05) is 14.2 Å². The zero-order valence-electron chi connectivity index (χ0n) is 14.9. The van der Waals surface area contributed by atoms with E-state index in [4.69, 9.17) is 14.6 Å². The van der Waals surface area contributed by atoms with Gasteiger partial charge in [0.05, 0.1) is 19.8 Å². The molecule has 138 valence electrons. The van der Waals surface area contributed by atoms with Crippen molar-refractivity contribution in [1.29, 1.82) is 0 Å². The van der Waals surface area contributed by atoms with Crippen LogP contribution >= 0.6 is 11.3 Å². The summed E-state index contributed by atoms with van der Waals surface area (Å²) in [6, 6.07) is 13.8. The van der Waals surface area contributed by atoms with Crippen molar-refractivity contribution in [1.82, 2.24) is 0 Å². The van der Waals surface area contributed by atoms with E-state index < -0.39 is 5.97 Å². The Morgan fingerprint density at radius 2 is 1.74 bits per heavy atom. The number of methoxy groups -OCH3 is 2. The van der Waals surface area contributed by atoms with E-state index in [1.54, 1.807) is 29.5 Å². The molecule has 0 saturated carbocycles. The standard InChI is InChI=1S/C21H18O5S/c1-25-17-10-9-15(18-4-3-11-27-18)20(26-2)19(17)16(22)12-13-5-7-14(8-6-13)21(23)24/h3-11H,12H2,1-2H3,(H,23,24). The summed E-state index contributed by atoms with van der Waals surface area (Å²) in [4.78, 5) is 25.0. The molecule has 0 amide bonds. The van der Waals surface area contributed by atoms with E-state index in [2.05, 4.69) is 0 Å². The zero-order chi connectivity index (χ0) is 19.4. The number of carbonyl (C=O) groups excluding carboxylic acids is 1. The number of aromatic carboxylic acids is 1. The second-order valence-electron chi connectivity index (χ2n) is 5.80. The molecule has 0 atom stereocenters. The molecule has 0 bridgehead atoms. The number of hydrogen-bond donors (Lipinski definition) is 1. The lowest BCUT2D eigenvalue weighted by Crippen LogP contribution is -2.09. The molecular weight excluding hydrogens is 364 g/mol. The van der Waals surface area contributed by atoms with E-state index in [0.717, 1.165) is 16.0 Å². The van der Waals surface area contributed by atoms with E-state index in [1.165, 1.54) is 26.4 Å². The molecule has 5 nitrogen and oxygen atoms in total. The molecule has 0 radical (unpaired) electrons. The van der Waals surface area contributed by atoms with Gasteiger partial charge in [-0.3, -0.25) is 4.79 Å². The van der Waals surface area contributed by atoms with Gasteiger partial charge < -0.3 is 14.6 Å². The van der Waals surface area contributed by atoms with Crippen LogP contribution in [0.3, 0.4) is 0 Å². The van der Waals surface area contributed by atoms with Crippen molar-refractivity contribution in [3.05, 3.63) is 70.6 Å². The first kappa shape index (κ1) is 18.7. The Balaban J connectivity index is 1.99. The fourth-order valence-corrected chi connectivity index (χ4v) is 3.62. The monoisotopic (exact) mass is 382 g/mol. The zero-order valence-corrected chi connectivity index (χ0v) is 15.7. The molecule has 0 aliphatic carbocycles. The van der Waals surface area contributed by atoms with Crippen molar-refractivity contribution >= 4 is 23.1 Å². The van der Waals surface area contributed by atoms with Crippen LogP contribution in [0.25, 0.3) is 10.4 Å². The Hall–Kier alpha value is -3.12. The average molecular weight is 382 g/mol. The average Bonchev–Trinajstić information content (AvgIpc) is 3.21. The molecule has 0 aliphatic rings. The van der Waals surface area contributed by atoms with Gasteiger partial charge in [0.1, 0.15) is 17.1 Å². The fraction of sp³-hybridized carbons (Fsp3) is 0.143. The van der Waals surface area contributed by atoms with E-state index >= 15 is 0 Å². The predicted octanol–water partition coefficient (Wildman–Crippen LogP) is 4.56. The van der Waals surface area contributed by atoms with Crippen LogP contribution in [0.1, 0.15) is 26.3 Å². The summed E-state index contributed by atoms with van der Waals surface area (Å²) >= 11 is 1.56. The minimum absolute atomic E-state index is 0.112. The smallest absolute Gasteiger partial charge is 0.335 e. The number of ketones is 1. The summed E-state index contributed by atoms with van der Waals surface area (Å²) in [6.07, 6.45) is 0.112. The second kappa shape index (κ2) is 8.05. The van der Waals surface area contributed by atoms with Crippen LogP contribution in [0, 0.1) is 0 Å². The highest BCUT2D eigenvalue weighted by Crippen LogP contribution is 2.40. The molecule has 0 fully saturated rings. The molecule has 1 aromatic heterocycles. The lowest BCUT2D eigenvalue weighted by Gasteiger charge is -2.16. The van der Waals surface area contributed by atoms with Crippen molar-refractivity contribution < 1.29 is 24.2 Å². The summed E-state index contributed by atoms with van der Waals surface area (Å²) in [5.41, 5.74) is 2.11. The molecule has 0 unspecified atom stereocenters. The maximum atomic E-state index is 13.0. The van der Waals surface area contributed by atoms with Crippen LogP contribution in [0.15, 0.2) is 53.9 Å². The number of thiophene rings is 1. The Morgan fingerprint density at radius 3 is 2.30 bits per heavy atom. The number of benzene rings is 2. The third-order valence-electron chi connectivity index (χ3n) is 4.17.